The summed E-state index contributed by atoms with van der Waals surface area (Å²) in [4.78, 5) is 14.8. The van der Waals surface area contributed by atoms with Crippen molar-refractivity contribution in [2.24, 2.45) is 0 Å². The molecule has 1 heterocycles. The van der Waals surface area contributed by atoms with Gasteiger partial charge in [-0.05, 0) is 12.1 Å². The molecule has 2 aromatic rings. The van der Waals surface area contributed by atoms with E-state index in [1.165, 1.54) is 24.4 Å². The molecule has 0 saturated carbocycles. The maximum Gasteiger partial charge on any atom is 0.265 e. The molecular formula is C11H9Cl2N3O3S2. The number of aromatic nitrogens is 1. The molecular weight excluding hydrogens is 357 g/mol. The van der Waals surface area contributed by atoms with Crippen molar-refractivity contribution in [1.82, 2.24) is 4.98 Å². The summed E-state index contributed by atoms with van der Waals surface area (Å²) in [6, 6.07) is 2.57. The van der Waals surface area contributed by atoms with Crippen LogP contribution in [0.15, 0.2) is 22.4 Å². The van der Waals surface area contributed by atoms with Gasteiger partial charge in [-0.25, -0.2) is 13.4 Å². The molecule has 0 saturated heterocycles. The first kappa shape index (κ1) is 16.0. The highest BCUT2D eigenvalue weighted by Crippen LogP contribution is 2.34. The molecule has 0 radical (unpaired) electrons. The number of carbonyl (C=O) groups excluding carboxylic acids is 1. The van der Waals surface area contributed by atoms with Gasteiger partial charge in [0.15, 0.2) is 10.9 Å². The average molecular weight is 366 g/mol. The number of nitrogens with zero attached hydrogens (tertiary/aromatic N) is 1. The van der Waals surface area contributed by atoms with Crippen LogP contribution in [0.2, 0.25) is 10.0 Å². The number of nitrogens with one attached hydrogen (secondary N) is 1. The molecule has 1 aromatic carbocycles. The van der Waals surface area contributed by atoms with Crippen molar-refractivity contribution in [3.63, 3.8) is 0 Å². The fourth-order valence-corrected chi connectivity index (χ4v) is 4.18. The van der Waals surface area contributed by atoms with Crippen molar-refractivity contribution in [2.45, 2.75) is 11.8 Å². The first-order valence-electron chi connectivity index (χ1n) is 5.45. The molecule has 0 aliphatic carbocycles. The molecule has 1 aromatic heterocycles. The molecule has 0 atom stereocenters. The fraction of sp³-hybridized carbons (Fsp3) is 0.0909. The van der Waals surface area contributed by atoms with Gasteiger partial charge in [-0.15, -0.1) is 11.3 Å². The lowest BCUT2D eigenvalue weighted by Gasteiger charge is -2.09. The van der Waals surface area contributed by atoms with Crippen molar-refractivity contribution >= 4 is 61.2 Å². The molecule has 3 N–H and O–H groups in total. The number of hydrogen-bond acceptors (Lipinski definition) is 6. The number of hydrogen-bond donors (Lipinski definition) is 2. The smallest absolute Gasteiger partial charge is 0.265 e. The topological polar surface area (TPSA) is 102 Å². The predicted molar refractivity (Wildman–Crippen MR) is 83.8 cm³/mol. The van der Waals surface area contributed by atoms with Crippen LogP contribution in [-0.2, 0) is 10.0 Å². The summed E-state index contributed by atoms with van der Waals surface area (Å²) in [7, 11) is -3.98. The van der Waals surface area contributed by atoms with Gasteiger partial charge in [-0.2, -0.15) is 0 Å². The Morgan fingerprint density at radius 1 is 1.38 bits per heavy atom. The number of nitrogens with two attached hydrogens (primary N) is 1. The van der Waals surface area contributed by atoms with E-state index in [1.807, 2.05) is 0 Å². The highest BCUT2D eigenvalue weighted by atomic mass is 35.5. The lowest BCUT2D eigenvalue weighted by Crippen LogP contribution is -2.14. The Hall–Kier alpha value is -1.35. The van der Waals surface area contributed by atoms with Gasteiger partial charge in [-0.1, -0.05) is 23.2 Å². The zero-order chi connectivity index (χ0) is 15.8. The van der Waals surface area contributed by atoms with Crippen LogP contribution in [0, 0.1) is 0 Å². The van der Waals surface area contributed by atoms with Crippen LogP contribution in [0.3, 0.4) is 0 Å². The minimum atomic E-state index is -3.98. The van der Waals surface area contributed by atoms with Crippen molar-refractivity contribution < 1.29 is 13.2 Å². The molecule has 21 heavy (non-hydrogen) atoms. The monoisotopic (exact) mass is 365 g/mol. The van der Waals surface area contributed by atoms with Gasteiger partial charge in [0.05, 0.1) is 15.7 Å². The summed E-state index contributed by atoms with van der Waals surface area (Å²) in [5, 5.41) is 1.51. The minimum Gasteiger partial charge on any atom is -0.396 e. The highest BCUT2D eigenvalue weighted by Gasteiger charge is 2.22. The van der Waals surface area contributed by atoms with Gasteiger partial charge < -0.3 is 5.73 Å². The Balaban J connectivity index is 2.38. The van der Waals surface area contributed by atoms with E-state index in [4.69, 9.17) is 28.9 Å². The van der Waals surface area contributed by atoms with Crippen LogP contribution >= 0.6 is 34.5 Å². The van der Waals surface area contributed by atoms with Crippen LogP contribution in [0.5, 0.6) is 0 Å². The summed E-state index contributed by atoms with van der Waals surface area (Å²) < 4.78 is 26.7. The highest BCUT2D eigenvalue weighted by molar-refractivity contribution is 7.93. The molecule has 2 rings (SSSR count). The number of benzene rings is 1. The molecule has 10 heteroatoms. The molecule has 0 fully saturated rings. The van der Waals surface area contributed by atoms with Gasteiger partial charge in [-0.3, -0.25) is 9.52 Å². The first-order chi connectivity index (χ1) is 9.72. The summed E-state index contributed by atoms with van der Waals surface area (Å²) in [5.41, 5.74) is 5.76. The van der Waals surface area contributed by atoms with Crippen LogP contribution in [-0.4, -0.2) is 19.2 Å². The average Bonchev–Trinajstić information content (AvgIpc) is 2.83. The Kier molecular flexibility index (Phi) is 4.43. The summed E-state index contributed by atoms with van der Waals surface area (Å²) in [6.07, 6.45) is 0. The summed E-state index contributed by atoms with van der Waals surface area (Å²) in [5.74, 6) is -0.259. The summed E-state index contributed by atoms with van der Waals surface area (Å²) in [6.45, 7) is 1.34. The van der Waals surface area contributed by atoms with Crippen LogP contribution in [0.4, 0.5) is 10.8 Å². The second-order valence-corrected chi connectivity index (χ2v) is 7.27. The Labute approximate surface area is 134 Å². The van der Waals surface area contributed by atoms with Crippen molar-refractivity contribution in [3.05, 3.63) is 33.3 Å². The van der Waals surface area contributed by atoms with Crippen LogP contribution in [0.1, 0.15) is 17.4 Å². The fourth-order valence-electron chi connectivity index (χ4n) is 1.41. The molecule has 0 spiro atoms. The Bertz CT molecular complexity index is 818. The number of nitrogen functional groups attached to an aromatic ring is 1. The van der Waals surface area contributed by atoms with Gasteiger partial charge in [0.25, 0.3) is 10.0 Å². The van der Waals surface area contributed by atoms with E-state index < -0.39 is 10.0 Å². The number of carbonyl (C=O) groups is 1. The van der Waals surface area contributed by atoms with E-state index in [1.54, 1.807) is 0 Å². The van der Waals surface area contributed by atoms with E-state index in [0.717, 1.165) is 11.3 Å². The molecule has 0 aliphatic heterocycles. The third-order valence-corrected chi connectivity index (χ3v) is 5.58. The van der Waals surface area contributed by atoms with E-state index in [0.29, 0.717) is 0 Å². The molecule has 0 amide bonds. The predicted octanol–water partition coefficient (Wildman–Crippen LogP) is 3.04. The molecule has 0 bridgehead atoms. The Morgan fingerprint density at radius 2 is 2.05 bits per heavy atom. The van der Waals surface area contributed by atoms with Crippen molar-refractivity contribution in [3.8, 4) is 0 Å². The van der Waals surface area contributed by atoms with Gasteiger partial charge in [0.1, 0.15) is 10.6 Å². The SMILES string of the molecule is CC(=O)c1csc(NS(=O)(=O)c2ccc(Cl)c(N)c2Cl)n1. The third kappa shape index (κ3) is 3.29. The lowest BCUT2D eigenvalue weighted by molar-refractivity contribution is 0.101. The number of rotatable bonds is 4. The minimum absolute atomic E-state index is 0.0234. The van der Waals surface area contributed by atoms with Crippen molar-refractivity contribution in [2.75, 3.05) is 10.5 Å². The third-order valence-electron chi connectivity index (χ3n) is 2.47. The van der Waals surface area contributed by atoms with Crippen LogP contribution < -0.4 is 10.5 Å². The summed E-state index contributed by atoms with van der Waals surface area (Å²) >= 11 is 12.7. The van der Waals surface area contributed by atoms with Gasteiger partial charge in [0.2, 0.25) is 0 Å². The number of ketones is 1. The number of sulfonamides is 1. The zero-order valence-corrected chi connectivity index (χ0v) is 13.7. The number of anilines is 2. The van der Waals surface area contributed by atoms with Crippen molar-refractivity contribution in [1.29, 1.82) is 0 Å². The first-order valence-corrected chi connectivity index (χ1v) is 8.57. The second-order valence-electron chi connectivity index (χ2n) is 3.97. The molecule has 0 aliphatic rings. The number of halogens is 2. The zero-order valence-electron chi connectivity index (χ0n) is 10.6. The largest absolute Gasteiger partial charge is 0.396 e. The maximum atomic E-state index is 12.3. The molecule has 112 valence electrons. The standard InChI is InChI=1S/C11H9Cl2N3O3S2/c1-5(17)7-4-20-11(15-7)16-21(18,19)8-3-2-6(12)10(14)9(8)13/h2-4H,14H2,1H3,(H,15,16). The maximum absolute atomic E-state index is 12.3. The second kappa shape index (κ2) is 5.80. The van der Waals surface area contributed by atoms with E-state index >= 15 is 0 Å². The van der Waals surface area contributed by atoms with E-state index in [-0.39, 0.29) is 37.2 Å². The molecule has 0 unspecified atom stereocenters. The van der Waals surface area contributed by atoms with Gasteiger partial charge in [0, 0.05) is 12.3 Å². The number of thiazole rings is 1. The lowest BCUT2D eigenvalue weighted by atomic mass is 10.3. The van der Waals surface area contributed by atoms with Gasteiger partial charge >= 0.3 is 0 Å². The quantitative estimate of drug-likeness (QED) is 0.640. The van der Waals surface area contributed by atoms with E-state index in [9.17, 15) is 13.2 Å². The molecule has 6 nitrogen and oxygen atoms in total. The van der Waals surface area contributed by atoms with E-state index in [2.05, 4.69) is 9.71 Å². The normalized spacial score (nSPS) is 11.4. The van der Waals surface area contributed by atoms with Crippen LogP contribution in [0.25, 0.3) is 0 Å². The number of Topliss-reactive ketones (excluding diaryl/α,β-unsaturated/α-hetero) is 1. The Morgan fingerprint density at radius 3 is 2.62 bits per heavy atom.